The Morgan fingerprint density at radius 2 is 1.71 bits per heavy atom. The number of nitrogens with one attached hydrogen (secondary N) is 1. The maximum atomic E-state index is 12.6. The van der Waals surface area contributed by atoms with Crippen molar-refractivity contribution in [1.29, 1.82) is 0 Å². The van der Waals surface area contributed by atoms with E-state index in [9.17, 15) is 9.59 Å². The Bertz CT molecular complexity index is 732. The van der Waals surface area contributed by atoms with Crippen LogP contribution in [0.2, 0.25) is 0 Å². The van der Waals surface area contributed by atoms with Gasteiger partial charge in [-0.15, -0.1) is 0 Å². The minimum absolute atomic E-state index is 0.00674. The summed E-state index contributed by atoms with van der Waals surface area (Å²) < 4.78 is 5.23. The number of piperazine rings is 1. The van der Waals surface area contributed by atoms with E-state index >= 15 is 0 Å². The van der Waals surface area contributed by atoms with Crippen molar-refractivity contribution in [2.75, 3.05) is 33.3 Å². The van der Waals surface area contributed by atoms with Gasteiger partial charge < -0.3 is 19.5 Å². The number of carbonyl (C=O) groups excluding carboxylic acids is 2. The lowest BCUT2D eigenvalue weighted by Gasteiger charge is -2.34. The second-order valence-electron chi connectivity index (χ2n) is 5.85. The Hall–Kier alpha value is -2.76. The normalized spacial score (nSPS) is 14.6. The van der Waals surface area contributed by atoms with Crippen LogP contribution >= 0.6 is 0 Å². The van der Waals surface area contributed by atoms with Crippen LogP contribution in [-0.4, -0.2) is 59.9 Å². The summed E-state index contributed by atoms with van der Waals surface area (Å²) in [5.74, 6) is 0.744. The van der Waals surface area contributed by atoms with Gasteiger partial charge in [-0.2, -0.15) is 0 Å². The number of benzene rings is 1. The Balaban J connectivity index is 1.63. The van der Waals surface area contributed by atoms with Crippen LogP contribution in [0.3, 0.4) is 0 Å². The quantitative estimate of drug-likeness (QED) is 0.937. The summed E-state index contributed by atoms with van der Waals surface area (Å²) >= 11 is 0. The lowest BCUT2D eigenvalue weighted by molar-refractivity contribution is 0.0532. The van der Waals surface area contributed by atoms with E-state index in [2.05, 4.69) is 4.98 Å². The van der Waals surface area contributed by atoms with Crippen molar-refractivity contribution in [1.82, 2.24) is 14.8 Å². The largest absolute Gasteiger partial charge is 0.496 e. The molecule has 0 atom stereocenters. The Morgan fingerprint density at radius 1 is 1.04 bits per heavy atom. The van der Waals surface area contributed by atoms with Gasteiger partial charge in [0.05, 0.1) is 7.11 Å². The molecule has 6 heteroatoms. The highest BCUT2D eigenvalue weighted by Gasteiger charge is 2.26. The highest BCUT2D eigenvalue weighted by atomic mass is 16.5. The number of hydrogen-bond donors (Lipinski definition) is 1. The molecule has 0 radical (unpaired) electrons. The average molecular weight is 327 g/mol. The first-order valence-corrected chi connectivity index (χ1v) is 7.96. The number of H-pyrrole nitrogens is 1. The van der Waals surface area contributed by atoms with Gasteiger partial charge in [0, 0.05) is 37.9 Å². The number of aryl methyl sites for hydroxylation is 1. The predicted molar refractivity (Wildman–Crippen MR) is 90.3 cm³/mol. The van der Waals surface area contributed by atoms with Crippen LogP contribution in [0.4, 0.5) is 0 Å². The number of nitrogens with zero attached hydrogens (tertiary/aromatic N) is 2. The maximum Gasteiger partial charge on any atom is 0.270 e. The summed E-state index contributed by atoms with van der Waals surface area (Å²) in [6, 6.07) is 9.01. The highest BCUT2D eigenvalue weighted by molar-refractivity contribution is 5.95. The molecule has 1 aromatic carbocycles. The third-order valence-electron chi connectivity index (χ3n) is 4.32. The summed E-state index contributed by atoms with van der Waals surface area (Å²) in [6.45, 7) is 4.08. The SMILES string of the molecule is COc1ccc(C(=O)N2CCN(C(=O)c3ccc[nH]3)CC2)cc1C. The molecule has 0 spiro atoms. The minimum atomic E-state index is -0.0209. The van der Waals surface area contributed by atoms with Gasteiger partial charge in [0.1, 0.15) is 11.4 Å². The minimum Gasteiger partial charge on any atom is -0.496 e. The molecule has 1 aliphatic heterocycles. The zero-order valence-corrected chi connectivity index (χ0v) is 13.9. The molecule has 0 unspecified atom stereocenters. The zero-order valence-electron chi connectivity index (χ0n) is 13.9. The zero-order chi connectivity index (χ0) is 17.1. The van der Waals surface area contributed by atoms with Crippen molar-refractivity contribution < 1.29 is 14.3 Å². The van der Waals surface area contributed by atoms with Crippen LogP contribution < -0.4 is 4.74 Å². The van der Waals surface area contributed by atoms with E-state index in [1.54, 1.807) is 41.3 Å². The van der Waals surface area contributed by atoms with E-state index in [0.717, 1.165) is 11.3 Å². The molecule has 1 aliphatic rings. The molecule has 6 nitrogen and oxygen atoms in total. The first-order chi connectivity index (χ1) is 11.6. The third-order valence-corrected chi connectivity index (χ3v) is 4.32. The monoisotopic (exact) mass is 327 g/mol. The summed E-state index contributed by atoms with van der Waals surface area (Å²) in [7, 11) is 1.62. The highest BCUT2D eigenvalue weighted by Crippen LogP contribution is 2.20. The fourth-order valence-corrected chi connectivity index (χ4v) is 2.94. The molecule has 3 rings (SSSR count). The Labute approximate surface area is 141 Å². The van der Waals surface area contributed by atoms with Crippen LogP contribution in [0.1, 0.15) is 26.4 Å². The molecular weight excluding hydrogens is 306 g/mol. The topological polar surface area (TPSA) is 65.6 Å². The van der Waals surface area contributed by atoms with Gasteiger partial charge >= 0.3 is 0 Å². The molecule has 2 heterocycles. The van der Waals surface area contributed by atoms with Gasteiger partial charge in [-0.05, 0) is 42.8 Å². The van der Waals surface area contributed by atoms with Gasteiger partial charge in [-0.1, -0.05) is 0 Å². The second-order valence-corrected chi connectivity index (χ2v) is 5.85. The van der Waals surface area contributed by atoms with Gasteiger partial charge in [0.2, 0.25) is 0 Å². The summed E-state index contributed by atoms with van der Waals surface area (Å²) in [6.07, 6.45) is 1.74. The third kappa shape index (κ3) is 3.13. The Kier molecular flexibility index (Phi) is 4.55. The van der Waals surface area contributed by atoms with E-state index in [4.69, 9.17) is 4.74 Å². The number of rotatable bonds is 3. The molecule has 2 amide bonds. The molecule has 1 aromatic heterocycles. The number of ether oxygens (including phenoxy) is 1. The van der Waals surface area contributed by atoms with Gasteiger partial charge in [-0.3, -0.25) is 9.59 Å². The smallest absolute Gasteiger partial charge is 0.270 e. The predicted octanol–water partition coefficient (Wildman–Crippen LogP) is 1.93. The van der Waals surface area contributed by atoms with Crippen molar-refractivity contribution >= 4 is 11.8 Å². The molecule has 1 saturated heterocycles. The lowest BCUT2D eigenvalue weighted by Crippen LogP contribution is -2.50. The first kappa shape index (κ1) is 16.1. The van der Waals surface area contributed by atoms with Crippen LogP contribution in [0.25, 0.3) is 0 Å². The molecule has 2 aromatic rings. The van der Waals surface area contributed by atoms with Crippen molar-refractivity contribution in [2.24, 2.45) is 0 Å². The molecule has 0 saturated carbocycles. The molecule has 0 aliphatic carbocycles. The standard InChI is InChI=1S/C18H21N3O3/c1-13-12-14(5-6-16(13)24-2)17(22)20-8-10-21(11-9-20)18(23)15-4-3-7-19-15/h3-7,12,19H,8-11H2,1-2H3. The average Bonchev–Trinajstić information content (AvgIpc) is 3.15. The molecule has 126 valence electrons. The first-order valence-electron chi connectivity index (χ1n) is 7.96. The fourth-order valence-electron chi connectivity index (χ4n) is 2.94. The maximum absolute atomic E-state index is 12.6. The number of hydrogen-bond acceptors (Lipinski definition) is 3. The summed E-state index contributed by atoms with van der Waals surface area (Å²) in [4.78, 5) is 31.4. The van der Waals surface area contributed by atoms with Crippen molar-refractivity contribution in [2.45, 2.75) is 6.92 Å². The van der Waals surface area contributed by atoms with Gasteiger partial charge in [0.15, 0.2) is 0 Å². The van der Waals surface area contributed by atoms with E-state index in [1.807, 2.05) is 19.1 Å². The van der Waals surface area contributed by atoms with E-state index in [-0.39, 0.29) is 11.8 Å². The molecule has 1 fully saturated rings. The van der Waals surface area contributed by atoms with E-state index in [0.29, 0.717) is 37.4 Å². The molecule has 1 N–H and O–H groups in total. The van der Waals surface area contributed by atoms with Crippen molar-refractivity contribution in [3.8, 4) is 5.75 Å². The van der Waals surface area contributed by atoms with Crippen molar-refractivity contribution in [3.63, 3.8) is 0 Å². The lowest BCUT2D eigenvalue weighted by atomic mass is 10.1. The van der Waals surface area contributed by atoms with Gasteiger partial charge in [-0.25, -0.2) is 0 Å². The van der Waals surface area contributed by atoms with Crippen molar-refractivity contribution in [3.05, 3.63) is 53.3 Å². The van der Waals surface area contributed by atoms with Crippen LogP contribution in [-0.2, 0) is 0 Å². The number of methoxy groups -OCH3 is 1. The number of amides is 2. The van der Waals surface area contributed by atoms with E-state index < -0.39 is 0 Å². The molecular formula is C18H21N3O3. The van der Waals surface area contributed by atoms with Crippen LogP contribution in [0.15, 0.2) is 36.5 Å². The van der Waals surface area contributed by atoms with E-state index in [1.165, 1.54) is 0 Å². The summed E-state index contributed by atoms with van der Waals surface area (Å²) in [5, 5.41) is 0. The van der Waals surface area contributed by atoms with Crippen LogP contribution in [0, 0.1) is 6.92 Å². The number of aromatic amines is 1. The number of carbonyl (C=O) groups is 2. The molecule has 0 bridgehead atoms. The number of aromatic nitrogens is 1. The van der Waals surface area contributed by atoms with Gasteiger partial charge in [0.25, 0.3) is 11.8 Å². The summed E-state index contributed by atoms with van der Waals surface area (Å²) in [5.41, 5.74) is 2.17. The molecule has 24 heavy (non-hydrogen) atoms. The fraction of sp³-hybridized carbons (Fsp3) is 0.333. The second kappa shape index (κ2) is 6.78. The van der Waals surface area contributed by atoms with Crippen LogP contribution in [0.5, 0.6) is 5.75 Å². The Morgan fingerprint density at radius 3 is 2.25 bits per heavy atom.